The van der Waals surface area contributed by atoms with Crippen LogP contribution in [0.5, 0.6) is 0 Å². The summed E-state index contributed by atoms with van der Waals surface area (Å²) in [6, 6.07) is 6.27. The number of benzene rings is 1. The lowest BCUT2D eigenvalue weighted by Crippen LogP contribution is -2.29. The van der Waals surface area contributed by atoms with Gasteiger partial charge in [0.1, 0.15) is 11.5 Å². The first kappa shape index (κ1) is 17.6. The van der Waals surface area contributed by atoms with Crippen molar-refractivity contribution in [2.45, 2.75) is 32.8 Å². The summed E-state index contributed by atoms with van der Waals surface area (Å²) < 4.78 is 12.9. The predicted molar refractivity (Wildman–Crippen MR) is 89.1 cm³/mol. The van der Waals surface area contributed by atoms with Crippen molar-refractivity contribution in [1.82, 2.24) is 10.3 Å². The summed E-state index contributed by atoms with van der Waals surface area (Å²) in [4.78, 5) is 16.4. The highest BCUT2D eigenvalue weighted by molar-refractivity contribution is 7.09. The largest absolute Gasteiger partial charge is 0.393 e. The highest BCUT2D eigenvalue weighted by Gasteiger charge is 2.13. The Morgan fingerprint density at radius 2 is 2.04 bits per heavy atom. The van der Waals surface area contributed by atoms with Crippen LogP contribution < -0.4 is 5.32 Å². The maximum atomic E-state index is 12.9. The van der Waals surface area contributed by atoms with Gasteiger partial charge in [-0.25, -0.2) is 9.37 Å². The molecular weight excluding hydrogens is 315 g/mol. The lowest BCUT2D eigenvalue weighted by Gasteiger charge is -2.13. The first-order chi connectivity index (χ1) is 10.9. The molecule has 2 N–H and O–H groups in total. The van der Waals surface area contributed by atoms with Gasteiger partial charge in [0.2, 0.25) is 0 Å². The molecule has 23 heavy (non-hydrogen) atoms. The van der Waals surface area contributed by atoms with Crippen LogP contribution in [0.2, 0.25) is 0 Å². The zero-order valence-electron chi connectivity index (χ0n) is 13.3. The average Bonchev–Trinajstić information content (AvgIpc) is 2.95. The summed E-state index contributed by atoms with van der Waals surface area (Å²) in [7, 11) is 0. The lowest BCUT2D eigenvalue weighted by molar-refractivity contribution is 0.0935. The van der Waals surface area contributed by atoms with Crippen LogP contribution in [0.3, 0.4) is 0 Å². The van der Waals surface area contributed by atoms with Gasteiger partial charge in [0.05, 0.1) is 11.1 Å². The maximum absolute atomic E-state index is 12.9. The molecule has 0 saturated carbocycles. The highest BCUT2D eigenvalue weighted by atomic mass is 32.1. The molecule has 0 aliphatic rings. The summed E-state index contributed by atoms with van der Waals surface area (Å²) in [6.07, 6.45) is 0.854. The fourth-order valence-electron chi connectivity index (χ4n) is 2.30. The summed E-state index contributed by atoms with van der Waals surface area (Å²) in [6.45, 7) is 4.23. The third-order valence-electron chi connectivity index (χ3n) is 3.41. The molecule has 1 amide bonds. The van der Waals surface area contributed by atoms with Crippen LogP contribution in [0.25, 0.3) is 0 Å². The molecule has 0 bridgehead atoms. The van der Waals surface area contributed by atoms with Gasteiger partial charge in [0, 0.05) is 18.3 Å². The van der Waals surface area contributed by atoms with Gasteiger partial charge in [0.15, 0.2) is 0 Å². The van der Waals surface area contributed by atoms with Gasteiger partial charge in [-0.05, 0) is 37.0 Å². The molecule has 124 valence electrons. The van der Waals surface area contributed by atoms with E-state index >= 15 is 0 Å². The SMILES string of the molecule is CC(O)CC(C)CNC(=O)c1csc(Cc2ccc(F)cc2)n1. The molecule has 0 saturated heterocycles. The van der Waals surface area contributed by atoms with Crippen LogP contribution in [0.1, 0.15) is 41.3 Å². The first-order valence-corrected chi connectivity index (χ1v) is 8.47. The van der Waals surface area contributed by atoms with Crippen molar-refractivity contribution >= 4 is 17.2 Å². The molecule has 0 fully saturated rings. The topological polar surface area (TPSA) is 62.2 Å². The van der Waals surface area contributed by atoms with Crippen LogP contribution in [0.4, 0.5) is 4.39 Å². The minimum atomic E-state index is -0.372. The van der Waals surface area contributed by atoms with E-state index in [1.54, 1.807) is 24.4 Å². The zero-order chi connectivity index (χ0) is 16.8. The first-order valence-electron chi connectivity index (χ1n) is 7.59. The summed E-state index contributed by atoms with van der Waals surface area (Å²) >= 11 is 1.42. The number of carbonyl (C=O) groups is 1. The number of aromatic nitrogens is 1. The molecule has 0 aliphatic carbocycles. The predicted octanol–water partition coefficient (Wildman–Crippen LogP) is 3.01. The van der Waals surface area contributed by atoms with Gasteiger partial charge in [-0.1, -0.05) is 19.1 Å². The summed E-state index contributed by atoms with van der Waals surface area (Å²) in [5, 5.41) is 14.7. The van der Waals surface area contributed by atoms with Gasteiger partial charge >= 0.3 is 0 Å². The van der Waals surface area contributed by atoms with Crippen LogP contribution in [0.15, 0.2) is 29.6 Å². The van der Waals surface area contributed by atoms with E-state index in [0.29, 0.717) is 25.1 Å². The molecule has 6 heteroatoms. The van der Waals surface area contributed by atoms with E-state index in [0.717, 1.165) is 10.6 Å². The van der Waals surface area contributed by atoms with E-state index < -0.39 is 0 Å². The molecular formula is C17H21FN2O2S. The van der Waals surface area contributed by atoms with Gasteiger partial charge in [-0.15, -0.1) is 11.3 Å². The molecule has 0 spiro atoms. The van der Waals surface area contributed by atoms with Crippen LogP contribution >= 0.6 is 11.3 Å². The maximum Gasteiger partial charge on any atom is 0.270 e. The molecule has 2 atom stereocenters. The number of rotatable bonds is 7. The van der Waals surface area contributed by atoms with Crippen molar-refractivity contribution in [2.75, 3.05) is 6.54 Å². The van der Waals surface area contributed by atoms with Crippen molar-refractivity contribution in [3.63, 3.8) is 0 Å². The van der Waals surface area contributed by atoms with E-state index in [2.05, 4.69) is 10.3 Å². The fraction of sp³-hybridized carbons (Fsp3) is 0.412. The monoisotopic (exact) mass is 336 g/mol. The number of carbonyl (C=O) groups excluding carboxylic acids is 1. The van der Waals surface area contributed by atoms with E-state index in [-0.39, 0.29) is 23.7 Å². The average molecular weight is 336 g/mol. The molecule has 0 radical (unpaired) electrons. The molecule has 1 aromatic carbocycles. The Labute approximate surface area is 139 Å². The van der Waals surface area contributed by atoms with Gasteiger partial charge in [0.25, 0.3) is 5.91 Å². The van der Waals surface area contributed by atoms with E-state index in [1.165, 1.54) is 23.5 Å². The Kier molecular flexibility index (Phi) is 6.24. The van der Waals surface area contributed by atoms with E-state index in [9.17, 15) is 14.3 Å². The lowest BCUT2D eigenvalue weighted by atomic mass is 10.0. The molecule has 2 unspecified atom stereocenters. The van der Waals surface area contributed by atoms with Gasteiger partial charge in [-0.2, -0.15) is 0 Å². The minimum Gasteiger partial charge on any atom is -0.393 e. The summed E-state index contributed by atoms with van der Waals surface area (Å²) in [5.74, 6) is -0.264. The van der Waals surface area contributed by atoms with E-state index in [4.69, 9.17) is 0 Å². The number of halogens is 1. The molecule has 2 aromatic rings. The third-order valence-corrected chi connectivity index (χ3v) is 4.26. The number of nitrogens with one attached hydrogen (secondary N) is 1. The normalized spacial score (nSPS) is 13.6. The smallest absolute Gasteiger partial charge is 0.270 e. The zero-order valence-corrected chi connectivity index (χ0v) is 14.1. The molecule has 0 aliphatic heterocycles. The Bertz CT molecular complexity index is 640. The van der Waals surface area contributed by atoms with Gasteiger partial charge < -0.3 is 10.4 Å². The number of hydrogen-bond acceptors (Lipinski definition) is 4. The second kappa shape index (κ2) is 8.17. The van der Waals surface area contributed by atoms with Crippen molar-refractivity contribution in [3.8, 4) is 0 Å². The number of nitrogens with zero attached hydrogens (tertiary/aromatic N) is 1. The number of aliphatic hydroxyl groups is 1. The number of aliphatic hydroxyl groups excluding tert-OH is 1. The van der Waals surface area contributed by atoms with Gasteiger partial charge in [-0.3, -0.25) is 4.79 Å². The van der Waals surface area contributed by atoms with Crippen LogP contribution in [-0.4, -0.2) is 28.6 Å². The number of hydrogen-bond donors (Lipinski definition) is 2. The van der Waals surface area contributed by atoms with Crippen LogP contribution in [-0.2, 0) is 6.42 Å². The quantitative estimate of drug-likeness (QED) is 0.817. The second-order valence-corrected chi connectivity index (χ2v) is 6.77. The Morgan fingerprint density at radius 1 is 1.35 bits per heavy atom. The van der Waals surface area contributed by atoms with Crippen molar-refractivity contribution in [2.24, 2.45) is 5.92 Å². The molecule has 2 rings (SSSR count). The second-order valence-electron chi connectivity index (χ2n) is 5.83. The Hall–Kier alpha value is -1.79. The Balaban J connectivity index is 1.88. The number of thiazole rings is 1. The number of amides is 1. The van der Waals surface area contributed by atoms with E-state index in [1.807, 2.05) is 6.92 Å². The molecule has 1 heterocycles. The Morgan fingerprint density at radius 3 is 2.70 bits per heavy atom. The third kappa shape index (κ3) is 5.73. The molecule has 1 aromatic heterocycles. The van der Waals surface area contributed by atoms with Crippen LogP contribution in [0, 0.1) is 11.7 Å². The minimum absolute atomic E-state index is 0.205. The van der Waals surface area contributed by atoms with Crippen molar-refractivity contribution in [1.29, 1.82) is 0 Å². The van der Waals surface area contributed by atoms with Crippen molar-refractivity contribution < 1.29 is 14.3 Å². The molecule has 4 nitrogen and oxygen atoms in total. The standard InChI is InChI=1S/C17H21FN2O2S/c1-11(7-12(2)21)9-19-17(22)15-10-23-16(20-15)8-13-3-5-14(18)6-4-13/h3-6,10-12,21H,7-9H2,1-2H3,(H,19,22). The fourth-order valence-corrected chi connectivity index (χ4v) is 3.10. The van der Waals surface area contributed by atoms with Crippen molar-refractivity contribution in [3.05, 3.63) is 51.7 Å². The summed E-state index contributed by atoms with van der Waals surface area (Å²) in [5.41, 5.74) is 1.36. The highest BCUT2D eigenvalue weighted by Crippen LogP contribution is 2.15.